The number of amides is 3. The van der Waals surface area contributed by atoms with Crippen molar-refractivity contribution in [2.24, 2.45) is 0 Å². The first-order valence-electron chi connectivity index (χ1n) is 8.24. The molecule has 1 aliphatic heterocycles. The Hall–Kier alpha value is -2.57. The number of carbonyl (C=O) groups excluding carboxylic acids is 2. The van der Waals surface area contributed by atoms with Gasteiger partial charge in [0.15, 0.2) is 0 Å². The van der Waals surface area contributed by atoms with Crippen molar-refractivity contribution < 1.29 is 14.0 Å². The Balaban J connectivity index is 1.55. The summed E-state index contributed by atoms with van der Waals surface area (Å²) in [5.41, 5.74) is 2.01. The zero-order chi connectivity index (χ0) is 19.1. The average Bonchev–Trinajstić information content (AvgIpc) is 3.15. The van der Waals surface area contributed by atoms with Gasteiger partial charge in [-0.15, -0.1) is 0 Å². The molecule has 1 aliphatic rings. The van der Waals surface area contributed by atoms with Crippen molar-refractivity contribution in [1.29, 1.82) is 0 Å². The van der Waals surface area contributed by atoms with Gasteiger partial charge in [0, 0.05) is 23.0 Å². The Morgan fingerprint density at radius 1 is 1.15 bits per heavy atom. The summed E-state index contributed by atoms with van der Waals surface area (Å²) in [6, 6.07) is 8.75. The molecule has 2 N–H and O–H groups in total. The highest BCUT2D eigenvalue weighted by atomic mass is 35.5. The van der Waals surface area contributed by atoms with Gasteiger partial charge >= 0.3 is 6.03 Å². The van der Waals surface area contributed by atoms with E-state index in [0.717, 1.165) is 21.4 Å². The largest absolute Gasteiger partial charge is 0.360 e. The van der Waals surface area contributed by atoms with Gasteiger partial charge in [-0.2, -0.15) is 0 Å². The number of benzene rings is 2. The molecule has 2 aromatic carbocycles. The predicted octanol–water partition coefficient (Wildman–Crippen LogP) is 4.28. The molecule has 138 valence electrons. The van der Waals surface area contributed by atoms with E-state index < -0.39 is 17.9 Å². The van der Waals surface area contributed by atoms with Crippen LogP contribution in [0.2, 0.25) is 10.0 Å². The number of aromatic nitrogens is 1. The second kappa shape index (κ2) is 6.87. The summed E-state index contributed by atoms with van der Waals surface area (Å²) in [7, 11) is 0. The standard InChI is InChI=1S/C19H14Cl2FN3O2/c20-12-3-1-2-10(6-12)9-25-18(26)15(24-19(25)27)7-11-8-23-17-13(11)4-5-14(22)16(17)21/h1-6,8,15,23H,7,9H2,(H,24,27)/t15-/m0/s1. The van der Waals surface area contributed by atoms with Crippen LogP contribution in [0, 0.1) is 5.82 Å². The lowest BCUT2D eigenvalue weighted by Crippen LogP contribution is -2.32. The van der Waals surface area contributed by atoms with E-state index in [0.29, 0.717) is 10.5 Å². The number of H-pyrrole nitrogens is 1. The number of hydrogen-bond acceptors (Lipinski definition) is 2. The van der Waals surface area contributed by atoms with Crippen LogP contribution in [0.1, 0.15) is 11.1 Å². The van der Waals surface area contributed by atoms with Crippen LogP contribution in [0.4, 0.5) is 9.18 Å². The lowest BCUT2D eigenvalue weighted by atomic mass is 10.0. The molecule has 0 radical (unpaired) electrons. The number of fused-ring (bicyclic) bond motifs is 1. The molecule has 1 aromatic heterocycles. The van der Waals surface area contributed by atoms with Crippen molar-refractivity contribution >= 4 is 46.0 Å². The Labute approximate surface area is 164 Å². The highest BCUT2D eigenvalue weighted by Crippen LogP contribution is 2.29. The molecule has 1 atom stereocenters. The predicted molar refractivity (Wildman–Crippen MR) is 101 cm³/mol. The van der Waals surface area contributed by atoms with Gasteiger partial charge in [0.05, 0.1) is 12.1 Å². The lowest BCUT2D eigenvalue weighted by molar-refractivity contribution is -0.127. The zero-order valence-corrected chi connectivity index (χ0v) is 15.4. The summed E-state index contributed by atoms with van der Waals surface area (Å²) in [5, 5.41) is 3.96. The first-order chi connectivity index (χ1) is 12.9. The zero-order valence-electron chi connectivity index (χ0n) is 13.9. The summed E-state index contributed by atoms with van der Waals surface area (Å²) in [5.74, 6) is -0.835. The van der Waals surface area contributed by atoms with E-state index in [1.54, 1.807) is 36.5 Å². The molecule has 3 amide bonds. The number of carbonyl (C=O) groups is 2. The van der Waals surface area contributed by atoms with Crippen LogP contribution in [0.3, 0.4) is 0 Å². The summed E-state index contributed by atoms with van der Waals surface area (Å²) in [6.45, 7) is 0.145. The molecule has 0 saturated carbocycles. The van der Waals surface area contributed by atoms with Crippen LogP contribution in [0.15, 0.2) is 42.6 Å². The van der Waals surface area contributed by atoms with Crippen LogP contribution in [-0.4, -0.2) is 27.9 Å². The molecule has 0 bridgehead atoms. The molecular weight excluding hydrogens is 392 g/mol. The average molecular weight is 406 g/mol. The third-order valence-electron chi connectivity index (χ3n) is 4.59. The maximum Gasteiger partial charge on any atom is 0.325 e. The normalized spacial score (nSPS) is 17.0. The van der Waals surface area contributed by atoms with Crippen LogP contribution >= 0.6 is 23.2 Å². The third kappa shape index (κ3) is 3.26. The summed E-state index contributed by atoms with van der Waals surface area (Å²) < 4.78 is 13.6. The summed E-state index contributed by atoms with van der Waals surface area (Å²) >= 11 is 11.9. The Bertz CT molecular complexity index is 1070. The molecule has 27 heavy (non-hydrogen) atoms. The minimum absolute atomic E-state index is 0.00289. The van der Waals surface area contributed by atoms with Crippen LogP contribution in [0.25, 0.3) is 10.9 Å². The van der Waals surface area contributed by atoms with E-state index >= 15 is 0 Å². The number of nitrogens with zero attached hydrogens (tertiary/aromatic N) is 1. The number of hydrogen-bond donors (Lipinski definition) is 2. The molecule has 0 unspecified atom stereocenters. The smallest absolute Gasteiger partial charge is 0.325 e. The fourth-order valence-electron chi connectivity index (χ4n) is 3.27. The minimum atomic E-state index is -0.695. The van der Waals surface area contributed by atoms with Gasteiger partial charge in [-0.1, -0.05) is 35.3 Å². The van der Waals surface area contributed by atoms with Gasteiger partial charge in [-0.05, 0) is 35.4 Å². The molecule has 5 nitrogen and oxygen atoms in total. The minimum Gasteiger partial charge on any atom is -0.360 e. The lowest BCUT2D eigenvalue weighted by Gasteiger charge is -2.13. The number of urea groups is 1. The molecule has 2 heterocycles. The number of imide groups is 1. The van der Waals surface area contributed by atoms with E-state index in [-0.39, 0.29) is 23.9 Å². The highest BCUT2D eigenvalue weighted by Gasteiger charge is 2.38. The summed E-state index contributed by atoms with van der Waals surface area (Å²) in [6.07, 6.45) is 1.95. The number of halogens is 3. The third-order valence-corrected chi connectivity index (χ3v) is 5.20. The quantitative estimate of drug-likeness (QED) is 0.636. The van der Waals surface area contributed by atoms with Crippen LogP contribution in [0.5, 0.6) is 0 Å². The van der Waals surface area contributed by atoms with Gasteiger partial charge in [0.1, 0.15) is 16.9 Å². The van der Waals surface area contributed by atoms with Crippen molar-refractivity contribution in [3.05, 3.63) is 69.6 Å². The molecule has 3 aromatic rings. The van der Waals surface area contributed by atoms with Gasteiger partial charge in [-0.25, -0.2) is 9.18 Å². The Kier molecular flexibility index (Phi) is 4.53. The van der Waals surface area contributed by atoms with E-state index in [1.165, 1.54) is 6.07 Å². The van der Waals surface area contributed by atoms with Crippen molar-refractivity contribution in [2.75, 3.05) is 0 Å². The molecule has 0 spiro atoms. The van der Waals surface area contributed by atoms with Crippen molar-refractivity contribution in [1.82, 2.24) is 15.2 Å². The maximum atomic E-state index is 13.6. The molecule has 1 saturated heterocycles. The fourth-order valence-corrected chi connectivity index (χ4v) is 3.70. The van der Waals surface area contributed by atoms with E-state index in [1.807, 2.05) is 0 Å². The molecule has 0 aliphatic carbocycles. The topological polar surface area (TPSA) is 65.2 Å². The van der Waals surface area contributed by atoms with Crippen molar-refractivity contribution in [2.45, 2.75) is 19.0 Å². The van der Waals surface area contributed by atoms with Crippen LogP contribution < -0.4 is 5.32 Å². The van der Waals surface area contributed by atoms with Gasteiger partial charge in [-0.3, -0.25) is 9.69 Å². The number of rotatable bonds is 4. The second-order valence-corrected chi connectivity index (χ2v) is 7.17. The monoisotopic (exact) mass is 405 g/mol. The van der Waals surface area contributed by atoms with Crippen LogP contribution in [-0.2, 0) is 17.8 Å². The molecular formula is C19H14Cl2FN3O2. The highest BCUT2D eigenvalue weighted by molar-refractivity contribution is 6.35. The fraction of sp³-hybridized carbons (Fsp3) is 0.158. The van der Waals surface area contributed by atoms with E-state index in [4.69, 9.17) is 23.2 Å². The number of nitrogens with one attached hydrogen (secondary N) is 2. The Morgan fingerprint density at radius 2 is 1.96 bits per heavy atom. The van der Waals surface area contributed by atoms with Crippen molar-refractivity contribution in [3.8, 4) is 0 Å². The van der Waals surface area contributed by atoms with Crippen molar-refractivity contribution in [3.63, 3.8) is 0 Å². The number of aromatic amines is 1. The van der Waals surface area contributed by atoms with E-state index in [2.05, 4.69) is 10.3 Å². The SMILES string of the molecule is O=C1N[C@@H](Cc2c[nH]c3c(Cl)c(F)ccc23)C(=O)N1Cc1cccc(Cl)c1. The van der Waals surface area contributed by atoms with Gasteiger partial charge in [0.25, 0.3) is 5.91 Å². The second-order valence-electron chi connectivity index (χ2n) is 6.36. The summed E-state index contributed by atoms with van der Waals surface area (Å²) in [4.78, 5) is 29.1. The molecule has 1 fully saturated rings. The first-order valence-corrected chi connectivity index (χ1v) is 9.00. The van der Waals surface area contributed by atoms with Gasteiger partial charge < -0.3 is 10.3 Å². The maximum absolute atomic E-state index is 13.6. The molecule has 8 heteroatoms. The Morgan fingerprint density at radius 3 is 2.74 bits per heavy atom. The van der Waals surface area contributed by atoms with Gasteiger partial charge in [0.2, 0.25) is 0 Å². The van der Waals surface area contributed by atoms with E-state index in [9.17, 15) is 14.0 Å². The first kappa shape index (κ1) is 17.8. The molecule has 4 rings (SSSR count).